The van der Waals surface area contributed by atoms with Crippen molar-refractivity contribution in [3.05, 3.63) is 68.3 Å². The van der Waals surface area contributed by atoms with Crippen LogP contribution in [0.15, 0.2) is 52.6 Å². The molecule has 2 aromatic carbocycles. The zero-order valence-corrected chi connectivity index (χ0v) is 23.5. The van der Waals surface area contributed by atoms with Crippen molar-refractivity contribution in [2.45, 2.75) is 46.6 Å². The van der Waals surface area contributed by atoms with E-state index in [1.54, 1.807) is 0 Å². The van der Waals surface area contributed by atoms with Gasteiger partial charge in [-0.05, 0) is 0 Å². The second-order valence-corrected chi connectivity index (χ2v) is 13.1. The fraction of sp³-hybridized carbons (Fsp3) is 0.296. The Hall–Kier alpha value is -2.63. The van der Waals surface area contributed by atoms with Gasteiger partial charge in [0.15, 0.2) is 0 Å². The third-order valence-corrected chi connectivity index (χ3v) is 10.6. The summed E-state index contributed by atoms with van der Waals surface area (Å²) in [6.07, 6.45) is 5.46. The van der Waals surface area contributed by atoms with E-state index in [1.807, 2.05) is 0 Å². The van der Waals surface area contributed by atoms with Crippen LogP contribution in [0.4, 0.5) is 5.69 Å². The summed E-state index contributed by atoms with van der Waals surface area (Å²) < 4.78 is 7.07. The van der Waals surface area contributed by atoms with Gasteiger partial charge < -0.3 is 0 Å². The Balaban J connectivity index is 1.75. The van der Waals surface area contributed by atoms with Gasteiger partial charge in [0.25, 0.3) is 0 Å². The summed E-state index contributed by atoms with van der Waals surface area (Å²) in [5, 5.41) is 18.6. The Kier molecular flexibility index (Phi) is 7.98. The van der Waals surface area contributed by atoms with Crippen molar-refractivity contribution >= 4 is 67.4 Å². The molecular formula is C27H29N2O4Se2+. The van der Waals surface area contributed by atoms with Crippen LogP contribution >= 0.6 is 0 Å². The van der Waals surface area contributed by atoms with Gasteiger partial charge >= 0.3 is 218 Å². The molecule has 0 amide bonds. The van der Waals surface area contributed by atoms with Crippen LogP contribution in [-0.2, 0) is 16.1 Å². The van der Waals surface area contributed by atoms with E-state index in [-0.39, 0.29) is 42.3 Å². The molecule has 0 aliphatic carbocycles. The van der Waals surface area contributed by atoms with Gasteiger partial charge in [0.05, 0.1) is 0 Å². The van der Waals surface area contributed by atoms with Crippen molar-refractivity contribution in [1.29, 1.82) is 0 Å². The molecule has 0 bridgehead atoms. The molecule has 0 spiro atoms. The second kappa shape index (κ2) is 11.0. The van der Waals surface area contributed by atoms with Crippen molar-refractivity contribution in [2.24, 2.45) is 0 Å². The van der Waals surface area contributed by atoms with E-state index in [0.29, 0.717) is 13.1 Å². The number of aliphatic carboxylic acids is 2. The first kappa shape index (κ1) is 25.5. The van der Waals surface area contributed by atoms with Crippen molar-refractivity contribution in [1.82, 2.24) is 0 Å². The topological polar surface area (TPSA) is 81.7 Å². The molecule has 0 saturated carbocycles. The van der Waals surface area contributed by atoms with E-state index < -0.39 is 11.9 Å². The van der Waals surface area contributed by atoms with Gasteiger partial charge in [0, 0.05) is 0 Å². The van der Waals surface area contributed by atoms with E-state index in [1.165, 1.54) is 34.6 Å². The van der Waals surface area contributed by atoms with Gasteiger partial charge in [-0.15, -0.1) is 0 Å². The van der Waals surface area contributed by atoms with Crippen LogP contribution < -0.4 is 13.9 Å². The van der Waals surface area contributed by atoms with E-state index in [2.05, 4.69) is 78.8 Å². The molecule has 1 aliphatic rings. The molecule has 0 atom stereocenters. The van der Waals surface area contributed by atoms with Gasteiger partial charge in [-0.3, -0.25) is 0 Å². The molecule has 1 aliphatic heterocycles. The number of rotatable bonds is 9. The monoisotopic (exact) mass is 605 g/mol. The van der Waals surface area contributed by atoms with Crippen LogP contribution in [-0.4, -0.2) is 58.2 Å². The first-order chi connectivity index (χ1) is 16.7. The fourth-order valence-corrected chi connectivity index (χ4v) is 8.88. The SMILES string of the molecule is CCC(=Cc1[se]c2ccc(C)cc2[n+]1CCC(=O)O)C=C1[Se]c2ccc(C)cc2N1CCC(=O)O. The third-order valence-electron chi connectivity index (χ3n) is 5.90. The van der Waals surface area contributed by atoms with Crippen molar-refractivity contribution in [2.75, 3.05) is 11.4 Å². The van der Waals surface area contributed by atoms with Gasteiger partial charge in [-0.2, -0.15) is 0 Å². The van der Waals surface area contributed by atoms with Crippen molar-refractivity contribution in [3.63, 3.8) is 0 Å². The number of hydrogen-bond acceptors (Lipinski definition) is 3. The van der Waals surface area contributed by atoms with E-state index >= 15 is 0 Å². The molecular weight excluding hydrogens is 574 g/mol. The standard InChI is InChI=1S/C27H28N2O4Se2/c1-4-19(15-24-28(11-9-26(30)31)20-13-17(2)5-7-22(20)34-24)16-25-29(12-10-27(32)33)21-14-18(3)6-8-23(21)35-25/h5-8,13-16H,4,9-12H2,1-3H3,(H-,30,31,32,33)/p+1. The molecule has 6 nitrogen and oxygen atoms in total. The van der Waals surface area contributed by atoms with E-state index in [9.17, 15) is 19.8 Å². The number of allylic oxidation sites excluding steroid dienone is 2. The Labute approximate surface area is 217 Å². The minimum atomic E-state index is -0.796. The second-order valence-electron chi connectivity index (χ2n) is 8.63. The maximum atomic E-state index is 11.3. The predicted molar refractivity (Wildman–Crippen MR) is 141 cm³/mol. The Bertz CT molecular complexity index is 1360. The van der Waals surface area contributed by atoms with Gasteiger partial charge in [0.1, 0.15) is 0 Å². The molecule has 0 saturated heterocycles. The van der Waals surface area contributed by atoms with Gasteiger partial charge in [-0.25, -0.2) is 0 Å². The van der Waals surface area contributed by atoms with Crippen LogP contribution in [0.2, 0.25) is 0 Å². The zero-order chi connectivity index (χ0) is 25.1. The minimum absolute atomic E-state index is 0.0874. The predicted octanol–water partition coefficient (Wildman–Crippen LogP) is 3.24. The van der Waals surface area contributed by atoms with Crippen molar-refractivity contribution in [3.8, 4) is 0 Å². The van der Waals surface area contributed by atoms with Crippen LogP contribution in [0.5, 0.6) is 0 Å². The number of hydrogen-bond donors (Lipinski definition) is 2. The van der Waals surface area contributed by atoms with E-state index in [0.717, 1.165) is 17.6 Å². The van der Waals surface area contributed by atoms with Gasteiger partial charge in [-0.1, -0.05) is 0 Å². The molecule has 0 radical (unpaired) electrons. The number of aromatic nitrogens is 1. The van der Waals surface area contributed by atoms with Crippen LogP contribution in [0.25, 0.3) is 15.9 Å². The quantitative estimate of drug-likeness (QED) is 0.290. The summed E-state index contributed by atoms with van der Waals surface area (Å²) in [6, 6.07) is 12.9. The van der Waals surface area contributed by atoms with Gasteiger partial charge in [0.2, 0.25) is 0 Å². The summed E-state index contributed by atoms with van der Waals surface area (Å²) in [5.74, 6) is -1.59. The maximum absolute atomic E-state index is 11.3. The molecule has 4 rings (SSSR count). The summed E-state index contributed by atoms with van der Waals surface area (Å²) >= 11 is 0.203. The molecule has 35 heavy (non-hydrogen) atoms. The molecule has 3 aromatic rings. The number of anilines is 1. The van der Waals surface area contributed by atoms with Crippen LogP contribution in [0.1, 0.15) is 41.9 Å². The Morgan fingerprint density at radius 3 is 2.46 bits per heavy atom. The van der Waals surface area contributed by atoms with Crippen molar-refractivity contribution < 1.29 is 24.4 Å². The molecule has 2 N–H and O–H groups in total. The summed E-state index contributed by atoms with van der Waals surface area (Å²) in [6.45, 7) is 7.15. The Morgan fingerprint density at radius 2 is 1.74 bits per heavy atom. The number of nitrogens with zero attached hydrogens (tertiary/aromatic N) is 2. The summed E-state index contributed by atoms with van der Waals surface area (Å²) in [7, 11) is 0. The van der Waals surface area contributed by atoms with Crippen LogP contribution in [0, 0.1) is 13.8 Å². The molecule has 2 heterocycles. The number of carbonyl (C=O) groups is 2. The molecule has 0 fully saturated rings. The summed E-state index contributed by atoms with van der Waals surface area (Å²) in [4.78, 5) is 24.8. The third kappa shape index (κ3) is 5.96. The number of benzene rings is 2. The van der Waals surface area contributed by atoms with E-state index in [4.69, 9.17) is 0 Å². The average Bonchev–Trinajstić information content (AvgIpc) is 3.31. The summed E-state index contributed by atoms with van der Waals surface area (Å²) in [5.41, 5.74) is 5.75. The first-order valence-corrected chi connectivity index (χ1v) is 15.0. The number of carboxylic acids is 2. The average molecular weight is 603 g/mol. The fourth-order valence-electron chi connectivity index (χ4n) is 4.08. The molecule has 182 valence electrons. The Morgan fingerprint density at radius 1 is 1.03 bits per heavy atom. The number of aryl methyl sites for hydroxylation is 3. The van der Waals surface area contributed by atoms with Crippen LogP contribution in [0.3, 0.4) is 0 Å². The number of fused-ring (bicyclic) bond motifs is 2. The number of carboxylic acid groups (broad SMARTS) is 2. The normalized spacial score (nSPS) is 14.7. The molecule has 8 heteroatoms. The zero-order valence-electron chi connectivity index (χ0n) is 20.1. The first-order valence-electron chi connectivity index (χ1n) is 11.6. The molecule has 1 aromatic heterocycles. The molecule has 0 unspecified atom stereocenters.